The van der Waals surface area contributed by atoms with Gasteiger partial charge in [-0.1, -0.05) is 6.42 Å². The normalized spacial score (nSPS) is 26.3. The fourth-order valence-electron chi connectivity index (χ4n) is 2.34. The molecule has 5 nitrogen and oxygen atoms in total. The topological polar surface area (TPSA) is 69.6 Å². The minimum atomic E-state index is -3.39. The van der Waals surface area contributed by atoms with Gasteiger partial charge in [0.1, 0.15) is 0 Å². The molecule has 0 aromatic rings. The van der Waals surface area contributed by atoms with Crippen LogP contribution >= 0.6 is 0 Å². The number of hydrogen-bond acceptors (Lipinski definition) is 3. The van der Waals surface area contributed by atoms with E-state index in [1.54, 1.807) is 0 Å². The number of piperidine rings is 1. The van der Waals surface area contributed by atoms with Crippen molar-refractivity contribution in [2.24, 2.45) is 0 Å². The second-order valence-electron chi connectivity index (χ2n) is 4.86. The van der Waals surface area contributed by atoms with E-state index < -0.39 is 15.7 Å². The molecule has 2 rings (SSSR count). The summed E-state index contributed by atoms with van der Waals surface area (Å²) in [6.07, 6.45) is 5.47. The summed E-state index contributed by atoms with van der Waals surface area (Å²) in [7, 11) is -3.39. The third kappa shape index (κ3) is 2.40. The van der Waals surface area contributed by atoms with Crippen LogP contribution in [0.1, 0.15) is 38.5 Å². The molecule has 2 aliphatic rings. The van der Waals surface area contributed by atoms with E-state index in [2.05, 4.69) is 4.72 Å². The van der Waals surface area contributed by atoms with Gasteiger partial charge >= 0.3 is 0 Å². The van der Waals surface area contributed by atoms with Crippen molar-refractivity contribution in [3.63, 3.8) is 0 Å². The zero-order chi connectivity index (χ0) is 11.6. The van der Waals surface area contributed by atoms with Crippen molar-refractivity contribution in [3.8, 4) is 0 Å². The number of aliphatic hydroxyl groups excluding tert-OH is 1. The van der Waals surface area contributed by atoms with Gasteiger partial charge in [-0.25, -0.2) is 0 Å². The monoisotopic (exact) mass is 248 g/mol. The SMILES string of the molecule is O=S(=O)(NC1(CO)CCC1)N1CCCCC1. The van der Waals surface area contributed by atoms with Gasteiger partial charge in [-0.05, 0) is 32.1 Å². The fourth-order valence-corrected chi connectivity index (χ4v) is 4.02. The Hall–Kier alpha value is -0.170. The Bertz CT molecular complexity index is 326. The molecule has 6 heteroatoms. The third-order valence-corrected chi connectivity index (χ3v) is 5.35. The summed E-state index contributed by atoms with van der Waals surface area (Å²) in [4.78, 5) is 0. The molecule has 0 spiro atoms. The van der Waals surface area contributed by atoms with Crippen molar-refractivity contribution in [2.75, 3.05) is 19.7 Å². The van der Waals surface area contributed by atoms with Gasteiger partial charge in [-0.3, -0.25) is 0 Å². The van der Waals surface area contributed by atoms with Crippen LogP contribution in [0, 0.1) is 0 Å². The summed E-state index contributed by atoms with van der Waals surface area (Å²) in [5.41, 5.74) is -0.573. The van der Waals surface area contributed by atoms with Crippen molar-refractivity contribution >= 4 is 10.2 Å². The minimum Gasteiger partial charge on any atom is -0.394 e. The molecule has 0 bridgehead atoms. The molecule has 0 atom stereocenters. The summed E-state index contributed by atoms with van der Waals surface area (Å²) in [5.74, 6) is 0. The van der Waals surface area contributed by atoms with Crippen molar-refractivity contribution in [2.45, 2.75) is 44.1 Å². The molecule has 1 heterocycles. The van der Waals surface area contributed by atoms with E-state index in [0.717, 1.165) is 38.5 Å². The average Bonchev–Trinajstić information content (AvgIpc) is 2.25. The number of aliphatic hydroxyl groups is 1. The van der Waals surface area contributed by atoms with E-state index in [1.807, 2.05) is 0 Å². The van der Waals surface area contributed by atoms with Crippen LogP contribution in [0.15, 0.2) is 0 Å². The number of nitrogens with one attached hydrogen (secondary N) is 1. The molecule has 0 radical (unpaired) electrons. The van der Waals surface area contributed by atoms with Crippen LogP contribution in [0.4, 0.5) is 0 Å². The molecule has 2 N–H and O–H groups in total. The molecule has 1 saturated carbocycles. The summed E-state index contributed by atoms with van der Waals surface area (Å²) < 4.78 is 28.3. The molecule has 0 aromatic carbocycles. The zero-order valence-corrected chi connectivity index (χ0v) is 10.3. The van der Waals surface area contributed by atoms with Crippen LogP contribution in [0.2, 0.25) is 0 Å². The summed E-state index contributed by atoms with van der Waals surface area (Å²) in [6, 6.07) is 0. The molecule has 94 valence electrons. The predicted octanol–water partition coefficient (Wildman–Crippen LogP) is 0.222. The Morgan fingerprint density at radius 2 is 1.75 bits per heavy atom. The van der Waals surface area contributed by atoms with Gasteiger partial charge in [0.2, 0.25) is 0 Å². The maximum Gasteiger partial charge on any atom is 0.280 e. The Kier molecular flexibility index (Phi) is 3.53. The van der Waals surface area contributed by atoms with Crippen molar-refractivity contribution in [1.29, 1.82) is 0 Å². The largest absolute Gasteiger partial charge is 0.394 e. The van der Waals surface area contributed by atoms with Gasteiger partial charge in [0.25, 0.3) is 10.2 Å². The quantitative estimate of drug-likeness (QED) is 0.748. The molecular weight excluding hydrogens is 228 g/mol. The third-order valence-electron chi connectivity index (χ3n) is 3.61. The second-order valence-corrected chi connectivity index (χ2v) is 6.53. The van der Waals surface area contributed by atoms with Gasteiger partial charge in [0.05, 0.1) is 12.1 Å². The van der Waals surface area contributed by atoms with Gasteiger partial charge in [0, 0.05) is 13.1 Å². The first kappa shape index (κ1) is 12.3. The maximum absolute atomic E-state index is 12.1. The molecule has 16 heavy (non-hydrogen) atoms. The average molecular weight is 248 g/mol. The Balaban J connectivity index is 2.01. The van der Waals surface area contributed by atoms with Crippen molar-refractivity contribution in [3.05, 3.63) is 0 Å². The van der Waals surface area contributed by atoms with E-state index in [9.17, 15) is 13.5 Å². The van der Waals surface area contributed by atoms with Crippen LogP contribution in [0.25, 0.3) is 0 Å². The lowest BCUT2D eigenvalue weighted by molar-refractivity contribution is 0.108. The number of rotatable bonds is 4. The smallest absolute Gasteiger partial charge is 0.280 e. The molecule has 1 aliphatic heterocycles. The van der Waals surface area contributed by atoms with Crippen LogP contribution in [-0.4, -0.2) is 43.1 Å². The molecule has 1 aliphatic carbocycles. The first-order valence-corrected chi connectivity index (χ1v) is 7.42. The Labute approximate surface area is 97.0 Å². The van der Waals surface area contributed by atoms with Crippen LogP contribution in [-0.2, 0) is 10.2 Å². The minimum absolute atomic E-state index is 0.0972. The summed E-state index contributed by atoms with van der Waals surface area (Å²) >= 11 is 0. The summed E-state index contributed by atoms with van der Waals surface area (Å²) in [6.45, 7) is 1.12. The maximum atomic E-state index is 12.1. The van der Waals surface area contributed by atoms with E-state index >= 15 is 0 Å². The first-order chi connectivity index (χ1) is 7.58. The van der Waals surface area contributed by atoms with E-state index in [-0.39, 0.29) is 6.61 Å². The zero-order valence-electron chi connectivity index (χ0n) is 9.48. The lowest BCUT2D eigenvalue weighted by Gasteiger charge is -2.42. The molecule has 0 amide bonds. The fraction of sp³-hybridized carbons (Fsp3) is 1.00. The molecular formula is C10H20N2O3S. The molecule has 0 aromatic heterocycles. The van der Waals surface area contributed by atoms with Crippen LogP contribution < -0.4 is 4.72 Å². The highest BCUT2D eigenvalue weighted by atomic mass is 32.2. The highest BCUT2D eigenvalue weighted by molar-refractivity contribution is 7.87. The van der Waals surface area contributed by atoms with Crippen LogP contribution in [0.5, 0.6) is 0 Å². The van der Waals surface area contributed by atoms with Gasteiger partial charge in [0.15, 0.2) is 0 Å². The lowest BCUT2D eigenvalue weighted by Crippen LogP contribution is -2.59. The highest BCUT2D eigenvalue weighted by Gasteiger charge is 2.41. The van der Waals surface area contributed by atoms with Gasteiger partial charge in [-0.15, -0.1) is 0 Å². The molecule has 0 unspecified atom stereocenters. The standard InChI is InChI=1S/C10H20N2O3S/c13-9-10(5-4-6-10)11-16(14,15)12-7-2-1-3-8-12/h11,13H,1-9H2. The van der Waals surface area contributed by atoms with E-state index in [0.29, 0.717) is 13.1 Å². The number of hydrogen-bond donors (Lipinski definition) is 2. The lowest BCUT2D eigenvalue weighted by atomic mass is 9.78. The second kappa shape index (κ2) is 4.60. The first-order valence-electron chi connectivity index (χ1n) is 5.98. The van der Waals surface area contributed by atoms with Gasteiger partial charge < -0.3 is 5.11 Å². The van der Waals surface area contributed by atoms with E-state index in [1.165, 1.54) is 4.31 Å². The van der Waals surface area contributed by atoms with Crippen LogP contribution in [0.3, 0.4) is 0 Å². The Morgan fingerprint density at radius 1 is 1.12 bits per heavy atom. The highest BCUT2D eigenvalue weighted by Crippen LogP contribution is 2.32. The summed E-state index contributed by atoms with van der Waals surface area (Å²) in [5, 5.41) is 9.25. The van der Waals surface area contributed by atoms with Gasteiger partial charge in [-0.2, -0.15) is 17.4 Å². The molecule has 1 saturated heterocycles. The molecule has 2 fully saturated rings. The van der Waals surface area contributed by atoms with E-state index in [4.69, 9.17) is 0 Å². The predicted molar refractivity (Wildman–Crippen MR) is 61.1 cm³/mol. The van der Waals surface area contributed by atoms with Crippen molar-refractivity contribution < 1.29 is 13.5 Å². The number of nitrogens with zero attached hydrogens (tertiary/aromatic N) is 1. The van der Waals surface area contributed by atoms with Crippen molar-refractivity contribution in [1.82, 2.24) is 9.03 Å². The Morgan fingerprint density at radius 3 is 2.19 bits per heavy atom.